The molecule has 1 amide bonds. The Hall–Kier alpha value is -7.13. The highest BCUT2D eigenvalue weighted by Gasteiger charge is 2.28. The van der Waals surface area contributed by atoms with Gasteiger partial charge in [-0.3, -0.25) is 29.0 Å². The van der Waals surface area contributed by atoms with Gasteiger partial charge in [0.2, 0.25) is 5.91 Å². The van der Waals surface area contributed by atoms with Crippen LogP contribution in [0.3, 0.4) is 0 Å². The summed E-state index contributed by atoms with van der Waals surface area (Å²) < 4.78 is 38.4. The van der Waals surface area contributed by atoms with Gasteiger partial charge in [-0.1, -0.05) is 171 Å². The number of carbonyl (C=O) groups is 7. The third kappa shape index (κ3) is 151. The number of methoxy groups -OCH3 is 4. The average molecular weight is 1350 g/mol. The molecule has 2 saturated carbocycles. The number of nitrogens with one attached hydrogen (secondary N) is 2. The van der Waals surface area contributed by atoms with Crippen molar-refractivity contribution in [3.05, 3.63) is 150 Å². The fourth-order valence-electron chi connectivity index (χ4n) is 3.81. The molecule has 20 heteroatoms. The zero-order chi connectivity index (χ0) is 75.5. The molecular weight excluding hydrogens is 1210 g/mol. The number of sulfone groups is 1. The second kappa shape index (κ2) is 80.1. The second-order valence-corrected chi connectivity index (χ2v) is 24.9. The molecule has 542 valence electrons. The third-order valence-electron chi connectivity index (χ3n) is 8.84. The molecule has 7 rings (SSSR count). The quantitative estimate of drug-likeness (QED) is 0.113. The molecule has 0 saturated heterocycles. The largest absolute Gasteiger partial charge is 0.469 e. The van der Waals surface area contributed by atoms with Gasteiger partial charge in [0.1, 0.15) is 39.8 Å². The van der Waals surface area contributed by atoms with Gasteiger partial charge in [0.25, 0.3) is 0 Å². The van der Waals surface area contributed by atoms with Crippen molar-refractivity contribution in [3.63, 3.8) is 0 Å². The van der Waals surface area contributed by atoms with Gasteiger partial charge in [0.15, 0.2) is 5.78 Å². The van der Waals surface area contributed by atoms with Crippen molar-refractivity contribution in [1.29, 1.82) is 0 Å². The van der Waals surface area contributed by atoms with Crippen LogP contribution in [0.5, 0.6) is 0 Å². The number of aromatic nitrogens is 4. The van der Waals surface area contributed by atoms with Crippen molar-refractivity contribution in [1.82, 2.24) is 30.4 Å². The van der Waals surface area contributed by atoms with E-state index in [0.717, 1.165) is 50.2 Å². The summed E-state index contributed by atoms with van der Waals surface area (Å²) in [5.41, 5.74) is 5.22. The fraction of sp³-hybridized carbons (Fsp3) is 0.568. The van der Waals surface area contributed by atoms with Crippen LogP contribution in [-0.4, -0.2) is 144 Å². The maximum absolute atomic E-state index is 10.6. The first-order valence-electron chi connectivity index (χ1n) is 31.3. The van der Waals surface area contributed by atoms with Gasteiger partial charge in [0.05, 0.1) is 20.3 Å². The minimum Gasteiger partial charge on any atom is -0.469 e. The van der Waals surface area contributed by atoms with Crippen molar-refractivity contribution in [2.75, 3.05) is 69.2 Å². The Labute approximate surface area is 572 Å². The standard InChI is InChI=1S/C8H8O.C8H10.C7H8.C6H7N.C5H9NO.C5H8O.C5H12.C4H8O2.C4H10O.C4H10.C3H5N3.C3H6O2.2C3H6O.C2H7N.C2H6O2S.C2H6O/c1-7(9)8-5-3-2-4-6-8;1-2-8-6-4-3-5-7-8;1-7-5-3-2-4-6-7;1-6-3-2-4-7-5-6;1-6-5(7)4-2-3-4;1-4(6)5-2-3-5;1-5(2,3)4;1-3-4(5)6-2;1-4(2)5-3;1-3-4-2;1-6-2-4-5-3-6;1-3(4)5-2;2*1-3(2)4;1-3-2;1-5(2,3)4;1-3-2/h2-6H,1H3;3-7H,2H2,1H3;2-6H,1H3;2-5H,1H3;4H,2-3H2,1H3,(H,6,7);5H,2-3H2,1H3;1-4H3;3H2,1-2H3;4H,1-3H3;3-4H2,1-2H3;2-3H,1H3;1-2H3;2*1-2H3;3H,1-2H3;1-2H3;1-2H3. The van der Waals surface area contributed by atoms with E-state index in [1.807, 2.05) is 115 Å². The van der Waals surface area contributed by atoms with Crippen LogP contribution in [0.25, 0.3) is 0 Å². The smallest absolute Gasteiger partial charge is 0.305 e. The lowest BCUT2D eigenvalue weighted by molar-refractivity contribution is -0.140. The van der Waals surface area contributed by atoms with Gasteiger partial charge in [-0.15, -0.1) is 10.2 Å². The summed E-state index contributed by atoms with van der Waals surface area (Å²) in [5, 5.41) is 12.4. The van der Waals surface area contributed by atoms with E-state index in [1.165, 1.54) is 78.4 Å². The van der Waals surface area contributed by atoms with Gasteiger partial charge in [0, 0.05) is 91.1 Å². The summed E-state index contributed by atoms with van der Waals surface area (Å²) in [4.78, 5) is 73.6. The number of esters is 2. The molecule has 2 N–H and O–H groups in total. The Morgan fingerprint density at radius 3 is 1.02 bits per heavy atom. The maximum atomic E-state index is 10.6. The van der Waals surface area contributed by atoms with Crippen LogP contribution < -0.4 is 10.6 Å². The van der Waals surface area contributed by atoms with Gasteiger partial charge >= 0.3 is 11.9 Å². The van der Waals surface area contributed by atoms with Gasteiger partial charge in [-0.25, -0.2) is 8.42 Å². The van der Waals surface area contributed by atoms with Crippen LogP contribution in [0.4, 0.5) is 0 Å². The topological polar surface area (TPSA) is 258 Å². The summed E-state index contributed by atoms with van der Waals surface area (Å²) in [6, 6.07) is 33.9. The number of carbonyl (C=O) groups excluding carboxylic acids is 7. The van der Waals surface area contributed by atoms with Crippen LogP contribution in [0, 0.1) is 31.1 Å². The number of ether oxygens (including phenoxy) is 4. The number of benzene rings is 3. The molecule has 2 aromatic heterocycles. The SMILES string of the molecule is CC(=O)C1CC1.CC(=O)c1ccccc1.CC(C)(C)C.CC(C)=O.CC(C)=O.CCC(=O)OC.CCCC.CCc1ccccc1.CNC.CNC(=O)C1CC1.COC.COC(C)=O.COC(C)C.CS(C)(=O)=O.Cc1ccccc1.Cc1cccnc1.Cn1cnnc1. The second-order valence-electron chi connectivity index (χ2n) is 22.6. The highest BCUT2D eigenvalue weighted by Crippen LogP contribution is 2.29. The Kier molecular flexibility index (Phi) is 92.4. The normalized spacial score (nSPS) is 10.1. The monoisotopic (exact) mass is 1340 g/mol. The number of rotatable bonds is 7. The Balaban J connectivity index is -0.000000101. The van der Waals surface area contributed by atoms with Crippen LogP contribution >= 0.6 is 0 Å². The molecule has 0 atom stereocenters. The molecule has 0 radical (unpaired) electrons. The van der Waals surface area contributed by atoms with Gasteiger partial charge in [-0.05, 0) is 138 Å². The van der Waals surface area contributed by atoms with E-state index in [4.69, 9.17) is 4.74 Å². The number of aryl methyl sites for hydroxylation is 4. The third-order valence-corrected chi connectivity index (χ3v) is 8.84. The van der Waals surface area contributed by atoms with Crippen molar-refractivity contribution in [3.8, 4) is 0 Å². The summed E-state index contributed by atoms with van der Waals surface area (Å²) in [5.74, 6) is 1.46. The van der Waals surface area contributed by atoms with Crippen molar-refractivity contribution < 1.29 is 60.9 Å². The molecule has 94 heavy (non-hydrogen) atoms. The number of hydrogen-bond acceptors (Lipinski definition) is 17. The first kappa shape index (κ1) is 108. The van der Waals surface area contributed by atoms with Crippen LogP contribution in [0.15, 0.2) is 128 Å². The lowest BCUT2D eigenvalue weighted by Crippen LogP contribution is -2.18. The molecule has 0 unspecified atom stereocenters. The van der Waals surface area contributed by atoms with Crippen LogP contribution in [0.1, 0.15) is 190 Å². The Morgan fingerprint density at radius 2 is 0.915 bits per heavy atom. The molecule has 0 aliphatic heterocycles. The van der Waals surface area contributed by atoms with E-state index in [0.29, 0.717) is 35.6 Å². The number of pyridine rings is 1. The minimum absolute atomic E-state index is 0.121. The van der Waals surface area contributed by atoms with E-state index in [-0.39, 0.29) is 35.2 Å². The number of hydrogen-bond donors (Lipinski definition) is 2. The lowest BCUT2D eigenvalue weighted by Gasteiger charge is -2.05. The highest BCUT2D eigenvalue weighted by molar-refractivity contribution is 7.89. The Morgan fingerprint density at radius 1 is 0.596 bits per heavy atom. The summed E-state index contributed by atoms with van der Waals surface area (Å²) in [7, 11) is 12.3. The fourth-order valence-corrected chi connectivity index (χ4v) is 3.81. The van der Waals surface area contributed by atoms with Gasteiger partial charge < -0.3 is 43.7 Å². The summed E-state index contributed by atoms with van der Waals surface area (Å²) in [6.07, 6.45) is 18.3. The lowest BCUT2D eigenvalue weighted by atomic mass is 10.0. The van der Waals surface area contributed by atoms with Crippen molar-refractivity contribution in [2.24, 2.45) is 24.3 Å². The predicted molar refractivity (Wildman–Crippen MR) is 393 cm³/mol. The molecule has 19 nitrogen and oxygen atoms in total. The molecule has 5 aromatic rings. The zero-order valence-corrected chi connectivity index (χ0v) is 64.8. The number of amides is 1. The molecule has 2 aliphatic rings. The predicted octanol–water partition coefficient (Wildman–Crippen LogP) is 15.1. The first-order chi connectivity index (χ1) is 43.6. The molecule has 2 aliphatic carbocycles. The van der Waals surface area contributed by atoms with E-state index >= 15 is 0 Å². The molecule has 2 fully saturated rings. The van der Waals surface area contributed by atoms with Crippen molar-refractivity contribution >= 4 is 50.8 Å². The molecular formula is C74H132N6O13S. The summed E-state index contributed by atoms with van der Waals surface area (Å²) >= 11 is 0. The average Bonchev–Trinajstić information content (AvgIpc) is 2.17. The van der Waals surface area contributed by atoms with Crippen LogP contribution in [-0.2, 0) is 71.0 Å². The van der Waals surface area contributed by atoms with E-state index in [1.54, 1.807) is 72.6 Å². The molecule has 0 spiro atoms. The number of ketones is 4. The maximum Gasteiger partial charge on any atom is 0.305 e. The zero-order valence-electron chi connectivity index (χ0n) is 64.0. The summed E-state index contributed by atoms with van der Waals surface area (Å²) in [6.45, 7) is 35.8. The molecule has 3 aromatic carbocycles. The number of nitrogens with zero attached hydrogens (tertiary/aromatic N) is 4. The van der Waals surface area contributed by atoms with E-state index < -0.39 is 9.84 Å². The number of Topliss-reactive ketones (excluding diaryl/α,β-unsaturated/α-hetero) is 4. The highest BCUT2D eigenvalue weighted by atomic mass is 32.2. The molecule has 2 heterocycles. The molecule has 0 bridgehead atoms. The van der Waals surface area contributed by atoms with Crippen LogP contribution in [0.2, 0.25) is 0 Å². The number of unbranched alkanes of at least 4 members (excludes halogenated alkanes) is 1. The van der Waals surface area contributed by atoms with Gasteiger partial charge in [-0.2, -0.15) is 0 Å². The Bertz CT molecular complexity index is 2440. The van der Waals surface area contributed by atoms with E-state index in [2.05, 4.69) is 132 Å². The minimum atomic E-state index is -2.67. The first-order valence-corrected chi connectivity index (χ1v) is 33.6. The van der Waals surface area contributed by atoms with Crippen molar-refractivity contribution in [2.45, 2.75) is 189 Å². The van der Waals surface area contributed by atoms with E-state index in [9.17, 15) is 42.0 Å².